The van der Waals surface area contributed by atoms with Crippen LogP contribution in [0.3, 0.4) is 0 Å². The molecule has 8 aromatic rings. The van der Waals surface area contributed by atoms with E-state index in [1.165, 1.54) is 27.1 Å². The first-order chi connectivity index (χ1) is 18.4. The number of para-hydroxylation sites is 2. The van der Waals surface area contributed by atoms with Gasteiger partial charge in [-0.25, -0.2) is 9.97 Å². The summed E-state index contributed by atoms with van der Waals surface area (Å²) in [5, 5.41) is 7.05. The van der Waals surface area contributed by atoms with Crippen LogP contribution >= 0.6 is 11.3 Å². The van der Waals surface area contributed by atoms with Crippen molar-refractivity contribution in [2.45, 2.75) is 0 Å². The number of nitrogens with zero attached hydrogens (tertiary/aromatic N) is 4. The highest BCUT2D eigenvalue weighted by Crippen LogP contribution is 2.40. The Bertz CT molecular complexity index is 2080. The summed E-state index contributed by atoms with van der Waals surface area (Å²) in [5.74, 6) is 0.917. The molecule has 37 heavy (non-hydrogen) atoms. The summed E-state index contributed by atoms with van der Waals surface area (Å²) >= 11 is 1.72. The Morgan fingerprint density at radius 3 is 1.89 bits per heavy atom. The molecule has 0 amide bonds. The van der Waals surface area contributed by atoms with Gasteiger partial charge in [-0.2, -0.15) is 0 Å². The normalized spacial score (nSPS) is 11.8. The van der Waals surface area contributed by atoms with Gasteiger partial charge in [0.05, 0.1) is 28.3 Å². The van der Waals surface area contributed by atoms with Gasteiger partial charge < -0.3 is 0 Å². The van der Waals surface area contributed by atoms with Crippen molar-refractivity contribution in [1.82, 2.24) is 19.1 Å². The van der Waals surface area contributed by atoms with E-state index in [1.807, 2.05) is 30.6 Å². The lowest BCUT2D eigenvalue weighted by Gasteiger charge is -2.07. The van der Waals surface area contributed by atoms with Crippen LogP contribution in [0.1, 0.15) is 0 Å². The second-order valence-electron chi connectivity index (χ2n) is 9.15. The molecule has 0 aliphatic carbocycles. The molecule has 8 rings (SSSR count). The number of fused-ring (bicyclic) bond motifs is 6. The highest BCUT2D eigenvalue weighted by Gasteiger charge is 2.19. The van der Waals surface area contributed by atoms with Crippen molar-refractivity contribution < 1.29 is 0 Å². The lowest BCUT2D eigenvalue weighted by molar-refractivity contribution is 1.08. The molecule has 0 bridgehead atoms. The van der Waals surface area contributed by atoms with Crippen molar-refractivity contribution >= 4 is 54.9 Å². The largest absolute Gasteiger partial charge is 0.299 e. The van der Waals surface area contributed by atoms with Crippen molar-refractivity contribution in [3.63, 3.8) is 0 Å². The van der Waals surface area contributed by atoms with Crippen LogP contribution in [0.2, 0.25) is 0 Å². The van der Waals surface area contributed by atoms with Gasteiger partial charge in [-0.3, -0.25) is 9.13 Å². The number of pyridine rings is 1. The van der Waals surface area contributed by atoms with Crippen LogP contribution in [0.4, 0.5) is 0 Å². The molecule has 0 N–H and O–H groups in total. The van der Waals surface area contributed by atoms with E-state index in [0.717, 1.165) is 37.9 Å². The summed E-state index contributed by atoms with van der Waals surface area (Å²) in [4.78, 5) is 9.51. The maximum atomic E-state index is 4.80. The molecular weight excluding hydrogens is 472 g/mol. The molecule has 0 aliphatic rings. The van der Waals surface area contributed by atoms with Gasteiger partial charge in [0, 0.05) is 33.3 Å². The lowest BCUT2D eigenvalue weighted by atomic mass is 10.1. The Labute approximate surface area is 216 Å². The maximum absolute atomic E-state index is 4.80. The predicted molar refractivity (Wildman–Crippen MR) is 154 cm³/mol. The molecule has 5 heteroatoms. The molecule has 0 fully saturated rings. The van der Waals surface area contributed by atoms with Gasteiger partial charge in [-0.1, -0.05) is 84.1 Å². The Hall–Kier alpha value is -4.74. The summed E-state index contributed by atoms with van der Waals surface area (Å²) in [6, 6.07) is 38.4. The lowest BCUT2D eigenvalue weighted by Crippen LogP contribution is -1.96. The van der Waals surface area contributed by atoms with E-state index < -0.39 is 0 Å². The molecule has 0 unspecified atom stereocenters. The van der Waals surface area contributed by atoms with Crippen LogP contribution in [0.5, 0.6) is 0 Å². The van der Waals surface area contributed by atoms with Gasteiger partial charge in [0.1, 0.15) is 15.8 Å². The molecule has 0 radical (unpaired) electrons. The fourth-order valence-electron chi connectivity index (χ4n) is 5.48. The van der Waals surface area contributed by atoms with Crippen LogP contribution in [0.25, 0.3) is 65.0 Å². The zero-order valence-electron chi connectivity index (χ0n) is 19.7. The number of aromatic nitrogens is 4. The topological polar surface area (TPSA) is 35.6 Å². The summed E-state index contributed by atoms with van der Waals surface area (Å²) in [6.45, 7) is 0. The minimum absolute atomic E-state index is 0.917. The fourth-order valence-corrected chi connectivity index (χ4v) is 6.44. The molecular formula is C32H20N4S. The number of hydrogen-bond acceptors (Lipinski definition) is 3. The Balaban J connectivity index is 1.49. The number of thiazole rings is 1. The van der Waals surface area contributed by atoms with Crippen LogP contribution in [0.15, 0.2) is 122 Å². The zero-order chi connectivity index (χ0) is 24.3. The van der Waals surface area contributed by atoms with Crippen molar-refractivity contribution in [3.05, 3.63) is 122 Å². The van der Waals surface area contributed by atoms with Gasteiger partial charge in [0.15, 0.2) is 0 Å². The first kappa shape index (κ1) is 20.5. The van der Waals surface area contributed by atoms with Gasteiger partial charge in [0.25, 0.3) is 0 Å². The number of rotatable bonds is 3. The summed E-state index contributed by atoms with van der Waals surface area (Å²) in [5.41, 5.74) is 5.78. The fraction of sp³-hybridized carbons (Fsp3) is 0. The first-order valence-corrected chi connectivity index (χ1v) is 13.1. The molecule has 4 aromatic carbocycles. The summed E-state index contributed by atoms with van der Waals surface area (Å²) in [6.07, 6.45) is 3.85. The minimum Gasteiger partial charge on any atom is -0.299 e. The van der Waals surface area contributed by atoms with Crippen molar-refractivity contribution in [2.24, 2.45) is 0 Å². The third-order valence-corrected chi connectivity index (χ3v) is 8.11. The quantitative estimate of drug-likeness (QED) is 0.248. The molecule has 0 aliphatic heterocycles. The first-order valence-electron chi connectivity index (χ1n) is 12.3. The SMILES string of the molecule is c1ccc(-c2ncc(-n3c4ccccc4c4cc5c6ccccc6n(-c6ccccn6)c5cc43)s2)cc1. The van der Waals surface area contributed by atoms with Crippen LogP contribution in [-0.2, 0) is 0 Å². The minimum atomic E-state index is 0.917. The molecule has 0 spiro atoms. The second-order valence-corrected chi connectivity index (χ2v) is 10.2. The molecule has 4 heterocycles. The molecule has 0 atom stereocenters. The Morgan fingerprint density at radius 1 is 0.514 bits per heavy atom. The van der Waals surface area contributed by atoms with Gasteiger partial charge >= 0.3 is 0 Å². The molecule has 0 saturated heterocycles. The third-order valence-electron chi connectivity index (χ3n) is 7.08. The standard InChI is InChI=1S/C32H20N4S/c1-2-10-21(11-3-1)32-34-20-31(37-32)36-27-15-7-5-13-23(27)25-18-24-22-12-4-6-14-26(22)35(28(24)19-29(25)36)30-16-8-9-17-33-30/h1-20H. The molecule has 4 aromatic heterocycles. The predicted octanol–water partition coefficient (Wildman–Crippen LogP) is 8.40. The van der Waals surface area contributed by atoms with Crippen LogP contribution in [0, 0.1) is 0 Å². The van der Waals surface area contributed by atoms with Crippen LogP contribution < -0.4 is 0 Å². The van der Waals surface area contributed by atoms with Crippen molar-refractivity contribution in [3.8, 4) is 21.4 Å². The van der Waals surface area contributed by atoms with E-state index in [9.17, 15) is 0 Å². The molecule has 0 saturated carbocycles. The third kappa shape index (κ3) is 3.01. The monoisotopic (exact) mass is 492 g/mol. The van der Waals surface area contributed by atoms with E-state index in [1.54, 1.807) is 11.3 Å². The van der Waals surface area contributed by atoms with Gasteiger partial charge in [-0.05, 0) is 36.4 Å². The molecule has 4 nitrogen and oxygen atoms in total. The summed E-state index contributed by atoms with van der Waals surface area (Å²) < 4.78 is 4.63. The highest BCUT2D eigenvalue weighted by atomic mass is 32.1. The van der Waals surface area contributed by atoms with E-state index >= 15 is 0 Å². The highest BCUT2D eigenvalue weighted by molar-refractivity contribution is 7.17. The van der Waals surface area contributed by atoms with Crippen LogP contribution in [-0.4, -0.2) is 19.1 Å². The average Bonchev–Trinajstić information content (AvgIpc) is 3.65. The van der Waals surface area contributed by atoms with E-state index in [2.05, 4.69) is 100 Å². The molecule has 174 valence electrons. The number of hydrogen-bond donors (Lipinski definition) is 0. The van der Waals surface area contributed by atoms with Crippen molar-refractivity contribution in [2.75, 3.05) is 0 Å². The second kappa shape index (κ2) is 7.88. The zero-order valence-corrected chi connectivity index (χ0v) is 20.6. The maximum Gasteiger partial charge on any atom is 0.137 e. The summed E-state index contributed by atoms with van der Waals surface area (Å²) in [7, 11) is 0. The average molecular weight is 493 g/mol. The van der Waals surface area contributed by atoms with E-state index in [0.29, 0.717) is 0 Å². The van der Waals surface area contributed by atoms with Gasteiger partial charge in [-0.15, -0.1) is 0 Å². The van der Waals surface area contributed by atoms with E-state index in [4.69, 9.17) is 9.97 Å². The van der Waals surface area contributed by atoms with E-state index in [-0.39, 0.29) is 0 Å². The smallest absolute Gasteiger partial charge is 0.137 e. The van der Waals surface area contributed by atoms with Gasteiger partial charge in [0.2, 0.25) is 0 Å². The number of benzene rings is 4. The Morgan fingerprint density at radius 2 is 1.16 bits per heavy atom. The van der Waals surface area contributed by atoms with Crippen molar-refractivity contribution in [1.29, 1.82) is 0 Å². The Kier molecular flexibility index (Phi) is 4.36.